The van der Waals surface area contributed by atoms with Gasteiger partial charge in [-0.05, 0) is 20.9 Å². The van der Waals surface area contributed by atoms with E-state index in [1.165, 1.54) is 0 Å². The fraction of sp³-hybridized carbons (Fsp3) is 0.364. The summed E-state index contributed by atoms with van der Waals surface area (Å²) in [5, 5.41) is 19.6. The molecule has 29 heavy (non-hydrogen) atoms. The number of ether oxygens (including phenoxy) is 1. The summed E-state index contributed by atoms with van der Waals surface area (Å²) in [5.74, 6) is 0.0773. The van der Waals surface area contributed by atoms with E-state index in [4.69, 9.17) is 9.15 Å². The first-order valence-corrected chi connectivity index (χ1v) is 9.82. The van der Waals surface area contributed by atoms with Gasteiger partial charge in [0, 0.05) is 47.9 Å². The van der Waals surface area contributed by atoms with E-state index in [1.807, 2.05) is 29.3 Å². The van der Waals surface area contributed by atoms with Crippen LogP contribution in [0.25, 0.3) is 21.7 Å². The highest BCUT2D eigenvalue weighted by atomic mass is 16.5. The lowest BCUT2D eigenvalue weighted by Crippen LogP contribution is -2.41. The number of hydrogen-bond donors (Lipinski definition) is 1. The number of benzene rings is 2. The van der Waals surface area contributed by atoms with Gasteiger partial charge in [-0.2, -0.15) is 5.10 Å². The van der Waals surface area contributed by atoms with Crippen LogP contribution < -0.4 is 0 Å². The minimum Gasteiger partial charge on any atom is -0.507 e. The molecule has 7 nitrogen and oxygen atoms in total. The highest BCUT2D eigenvalue weighted by molar-refractivity contribution is 6.21. The molecule has 4 rings (SSSR count). The van der Waals surface area contributed by atoms with E-state index in [0.717, 1.165) is 31.6 Å². The van der Waals surface area contributed by atoms with Gasteiger partial charge in [0.25, 0.3) is 0 Å². The molecule has 0 saturated carbocycles. The molecule has 1 fully saturated rings. The molecule has 0 unspecified atom stereocenters. The van der Waals surface area contributed by atoms with E-state index in [-0.39, 0.29) is 12.4 Å². The quantitative estimate of drug-likeness (QED) is 0.539. The van der Waals surface area contributed by atoms with Crippen LogP contribution in [0.3, 0.4) is 0 Å². The average molecular weight is 395 g/mol. The number of hydrogen-bond acceptors (Lipinski definition) is 7. The second-order valence-corrected chi connectivity index (χ2v) is 7.27. The maximum absolute atomic E-state index is 12.7. The van der Waals surface area contributed by atoms with Crippen LogP contribution in [0.1, 0.15) is 28.6 Å². The third kappa shape index (κ3) is 3.42. The van der Waals surface area contributed by atoms with Crippen molar-refractivity contribution in [3.05, 3.63) is 41.2 Å². The summed E-state index contributed by atoms with van der Waals surface area (Å²) in [5.41, 5.74) is 1.36. The highest BCUT2D eigenvalue weighted by Crippen LogP contribution is 2.40. The predicted octanol–water partition coefficient (Wildman–Crippen LogP) is 3.36. The summed E-state index contributed by atoms with van der Waals surface area (Å²) in [4.78, 5) is 14.9. The molecule has 2 aromatic carbocycles. The molecule has 1 aliphatic rings. The Balaban J connectivity index is 1.92. The number of carbonyl (C=O) groups is 1. The molecular formula is C22H25N3O4. The molecule has 1 aliphatic heterocycles. The third-order valence-electron chi connectivity index (χ3n) is 5.34. The van der Waals surface area contributed by atoms with Gasteiger partial charge < -0.3 is 19.2 Å². The van der Waals surface area contributed by atoms with E-state index in [2.05, 4.69) is 17.0 Å². The molecule has 3 aromatic rings. The Morgan fingerprint density at radius 2 is 1.93 bits per heavy atom. The Bertz CT molecular complexity index is 1090. The fourth-order valence-corrected chi connectivity index (χ4v) is 3.77. The van der Waals surface area contributed by atoms with Gasteiger partial charge in [-0.15, -0.1) is 0 Å². The van der Waals surface area contributed by atoms with E-state index in [9.17, 15) is 9.90 Å². The number of aromatic hydroxyl groups is 1. The number of phenols is 1. The van der Waals surface area contributed by atoms with E-state index < -0.39 is 5.97 Å². The molecule has 7 heteroatoms. The van der Waals surface area contributed by atoms with E-state index in [0.29, 0.717) is 33.2 Å². The lowest BCUT2D eigenvalue weighted by atomic mass is 9.98. The first-order valence-electron chi connectivity index (χ1n) is 9.82. The number of piperazine rings is 1. The summed E-state index contributed by atoms with van der Waals surface area (Å²) >= 11 is 0. The van der Waals surface area contributed by atoms with Crippen molar-refractivity contribution in [2.45, 2.75) is 13.8 Å². The second kappa shape index (κ2) is 7.75. The van der Waals surface area contributed by atoms with Crippen LogP contribution >= 0.6 is 0 Å². The van der Waals surface area contributed by atoms with E-state index >= 15 is 0 Å². The van der Waals surface area contributed by atoms with Gasteiger partial charge in [0.1, 0.15) is 22.7 Å². The summed E-state index contributed by atoms with van der Waals surface area (Å²) in [6.07, 6.45) is 1.63. The number of carbonyl (C=O) groups excluding carboxylic acids is 1. The Morgan fingerprint density at radius 1 is 1.24 bits per heavy atom. The Labute approximate surface area is 169 Å². The molecule has 1 saturated heterocycles. The monoisotopic (exact) mass is 395 g/mol. The van der Waals surface area contributed by atoms with Crippen molar-refractivity contribution in [1.29, 1.82) is 0 Å². The fourth-order valence-electron chi connectivity index (χ4n) is 3.77. The van der Waals surface area contributed by atoms with Crippen molar-refractivity contribution in [3.63, 3.8) is 0 Å². The van der Waals surface area contributed by atoms with Gasteiger partial charge in [-0.25, -0.2) is 4.79 Å². The molecule has 2 heterocycles. The maximum Gasteiger partial charge on any atom is 0.342 e. The number of phenolic OH excluding ortho intramolecular Hbond substituents is 1. The van der Waals surface area contributed by atoms with Gasteiger partial charge in [0.05, 0.1) is 12.8 Å². The van der Waals surface area contributed by atoms with Crippen LogP contribution in [-0.4, -0.2) is 67.0 Å². The second-order valence-electron chi connectivity index (χ2n) is 7.27. The number of esters is 1. The summed E-state index contributed by atoms with van der Waals surface area (Å²) in [7, 11) is 2.08. The van der Waals surface area contributed by atoms with Crippen LogP contribution in [0.4, 0.5) is 0 Å². The summed E-state index contributed by atoms with van der Waals surface area (Å²) in [6.45, 7) is 7.22. The first-order chi connectivity index (χ1) is 14.0. The number of nitrogens with zero attached hydrogens (tertiary/aromatic N) is 3. The molecule has 1 aromatic heterocycles. The van der Waals surface area contributed by atoms with Crippen molar-refractivity contribution >= 4 is 33.9 Å². The van der Waals surface area contributed by atoms with Gasteiger partial charge in [-0.3, -0.25) is 5.01 Å². The van der Waals surface area contributed by atoms with Gasteiger partial charge >= 0.3 is 5.97 Å². The molecule has 1 N–H and O–H groups in total. The van der Waals surface area contributed by atoms with Crippen molar-refractivity contribution in [1.82, 2.24) is 9.91 Å². The molecule has 0 radical (unpaired) electrons. The van der Waals surface area contributed by atoms with Crippen molar-refractivity contribution in [3.8, 4) is 5.75 Å². The zero-order valence-electron chi connectivity index (χ0n) is 16.9. The molecule has 0 amide bonds. The van der Waals surface area contributed by atoms with Gasteiger partial charge in [0.15, 0.2) is 0 Å². The lowest BCUT2D eigenvalue weighted by Gasteiger charge is -2.30. The smallest absolute Gasteiger partial charge is 0.342 e. The molecule has 0 atom stereocenters. The Hall–Kier alpha value is -3.06. The van der Waals surface area contributed by atoms with Crippen molar-refractivity contribution < 1.29 is 19.1 Å². The van der Waals surface area contributed by atoms with Crippen LogP contribution in [0.15, 0.2) is 33.8 Å². The Kier molecular flexibility index (Phi) is 5.15. The largest absolute Gasteiger partial charge is 0.507 e. The number of rotatable bonds is 4. The zero-order valence-corrected chi connectivity index (χ0v) is 16.9. The van der Waals surface area contributed by atoms with Crippen LogP contribution in [0, 0.1) is 6.92 Å². The third-order valence-corrected chi connectivity index (χ3v) is 5.34. The molecule has 0 aliphatic carbocycles. The average Bonchev–Trinajstić information content (AvgIpc) is 3.06. The first kappa shape index (κ1) is 19.3. The Morgan fingerprint density at radius 3 is 2.62 bits per heavy atom. The molecule has 152 valence electrons. The van der Waals surface area contributed by atoms with Gasteiger partial charge in [0.2, 0.25) is 0 Å². The van der Waals surface area contributed by atoms with Crippen molar-refractivity contribution in [2.24, 2.45) is 5.10 Å². The highest BCUT2D eigenvalue weighted by Gasteiger charge is 2.26. The zero-order chi connectivity index (χ0) is 20.5. The van der Waals surface area contributed by atoms with Crippen molar-refractivity contribution in [2.75, 3.05) is 39.8 Å². The minimum atomic E-state index is -0.465. The van der Waals surface area contributed by atoms with Gasteiger partial charge in [-0.1, -0.05) is 24.3 Å². The molecular weight excluding hydrogens is 370 g/mol. The van der Waals surface area contributed by atoms with E-state index in [1.54, 1.807) is 20.1 Å². The standard InChI is InChI=1S/C22H25N3O4/c1-4-28-22(27)18-14(2)29-21-16-8-6-5-7-15(16)20(26)17(19(18)21)13-23-25-11-9-24(3)10-12-25/h5-8,13,26H,4,9-12H2,1-3H3/b23-13+. The minimum absolute atomic E-state index is 0.0809. The van der Waals surface area contributed by atoms with Crippen LogP contribution in [0.5, 0.6) is 5.75 Å². The van der Waals surface area contributed by atoms with Crippen LogP contribution in [0.2, 0.25) is 0 Å². The number of likely N-dealkylation sites (N-methyl/N-ethyl adjacent to an activating group) is 1. The maximum atomic E-state index is 12.7. The lowest BCUT2D eigenvalue weighted by molar-refractivity contribution is 0.0526. The normalized spacial score (nSPS) is 15.6. The molecule has 0 bridgehead atoms. The number of aryl methyl sites for hydroxylation is 1. The predicted molar refractivity (Wildman–Crippen MR) is 113 cm³/mol. The molecule has 0 spiro atoms. The number of furan rings is 1. The topological polar surface area (TPSA) is 78.5 Å². The number of fused-ring (bicyclic) bond motifs is 3. The SMILES string of the molecule is CCOC(=O)c1c(C)oc2c1c(/C=N/N1CCN(C)CC1)c(O)c1ccccc12. The number of hydrazone groups is 1. The summed E-state index contributed by atoms with van der Waals surface area (Å²) in [6, 6.07) is 7.44. The van der Waals surface area contributed by atoms with Crippen LogP contribution in [-0.2, 0) is 4.74 Å². The summed E-state index contributed by atoms with van der Waals surface area (Å²) < 4.78 is 11.2.